The lowest BCUT2D eigenvalue weighted by molar-refractivity contribution is 0.439. The number of nitrogens with one attached hydrogen (secondary N) is 2. The first-order valence-corrected chi connectivity index (χ1v) is 6.27. The van der Waals surface area contributed by atoms with Crippen LogP contribution in [0.15, 0.2) is 17.4 Å². The van der Waals surface area contributed by atoms with Gasteiger partial charge in [0.2, 0.25) is 5.88 Å². The minimum absolute atomic E-state index is 0.0193. The van der Waals surface area contributed by atoms with Crippen LogP contribution in [0.5, 0.6) is 5.88 Å². The zero-order valence-electron chi connectivity index (χ0n) is 10.5. The summed E-state index contributed by atoms with van der Waals surface area (Å²) < 4.78 is 0. The van der Waals surface area contributed by atoms with E-state index in [0.29, 0.717) is 5.69 Å². The van der Waals surface area contributed by atoms with E-state index >= 15 is 0 Å². The second-order valence-electron chi connectivity index (χ2n) is 4.52. The Kier molecular flexibility index (Phi) is 5.60. The molecule has 1 aromatic heterocycles. The van der Waals surface area contributed by atoms with Crippen molar-refractivity contribution in [3.8, 4) is 5.88 Å². The highest BCUT2D eigenvalue weighted by Crippen LogP contribution is 2.25. The summed E-state index contributed by atoms with van der Waals surface area (Å²) in [5.74, 6) is 0.169. The van der Waals surface area contributed by atoms with E-state index in [1.807, 2.05) is 13.0 Å². The molecule has 0 radical (unpaired) electrons. The molecule has 17 heavy (non-hydrogen) atoms. The minimum Gasteiger partial charge on any atom is -0.493 e. The van der Waals surface area contributed by atoms with E-state index in [9.17, 15) is 9.90 Å². The van der Waals surface area contributed by atoms with Crippen LogP contribution in [0.3, 0.4) is 0 Å². The number of aromatic hydroxyl groups is 1. The van der Waals surface area contributed by atoms with Crippen molar-refractivity contribution in [1.29, 1.82) is 0 Å². The lowest BCUT2D eigenvalue weighted by Gasteiger charge is -2.09. The number of aromatic nitrogens is 2. The monoisotopic (exact) mass is 238 g/mol. The number of aromatic amines is 2. The molecule has 0 fully saturated rings. The van der Waals surface area contributed by atoms with Gasteiger partial charge in [0.05, 0.1) is 5.69 Å². The van der Waals surface area contributed by atoms with Gasteiger partial charge in [-0.05, 0) is 19.3 Å². The van der Waals surface area contributed by atoms with Gasteiger partial charge in [-0.15, -0.1) is 6.58 Å². The molecule has 3 N–H and O–H groups in total. The molecule has 0 amide bonds. The van der Waals surface area contributed by atoms with Crippen molar-refractivity contribution in [2.45, 2.75) is 51.4 Å². The summed E-state index contributed by atoms with van der Waals surface area (Å²) >= 11 is 0. The molecule has 96 valence electrons. The van der Waals surface area contributed by atoms with Crippen LogP contribution in [-0.4, -0.2) is 15.1 Å². The molecule has 1 atom stereocenters. The van der Waals surface area contributed by atoms with Crippen LogP contribution in [0.4, 0.5) is 0 Å². The van der Waals surface area contributed by atoms with Crippen molar-refractivity contribution < 1.29 is 5.11 Å². The zero-order chi connectivity index (χ0) is 12.7. The molecule has 0 spiro atoms. The molecule has 1 aromatic rings. The summed E-state index contributed by atoms with van der Waals surface area (Å²) in [6.07, 6.45) is 8.74. The lowest BCUT2D eigenvalue weighted by Crippen LogP contribution is -2.02. The highest BCUT2D eigenvalue weighted by Gasteiger charge is 2.13. The zero-order valence-corrected chi connectivity index (χ0v) is 10.5. The molecule has 0 aliphatic rings. The second-order valence-corrected chi connectivity index (χ2v) is 4.52. The second kappa shape index (κ2) is 6.99. The maximum absolute atomic E-state index is 11.0. The van der Waals surface area contributed by atoms with Gasteiger partial charge in [0.25, 0.3) is 0 Å². The number of unbranched alkanes of at least 4 members (excludes halogenated alkanes) is 4. The number of hydrogen-bond donors (Lipinski definition) is 3. The third-order valence-electron chi connectivity index (χ3n) is 3.02. The van der Waals surface area contributed by atoms with E-state index in [1.54, 1.807) is 0 Å². The van der Waals surface area contributed by atoms with Gasteiger partial charge in [-0.1, -0.05) is 32.3 Å². The summed E-state index contributed by atoms with van der Waals surface area (Å²) in [5, 5.41) is 9.48. The Labute approximate surface area is 102 Å². The Morgan fingerprint density at radius 3 is 2.59 bits per heavy atom. The normalized spacial score (nSPS) is 12.5. The first kappa shape index (κ1) is 13.6. The summed E-state index contributed by atoms with van der Waals surface area (Å²) in [7, 11) is 0. The maximum atomic E-state index is 11.0. The van der Waals surface area contributed by atoms with Crippen molar-refractivity contribution in [3.63, 3.8) is 0 Å². The molecule has 4 nitrogen and oxygen atoms in total. The molecular formula is C13H22N2O2. The fraction of sp³-hybridized carbons (Fsp3) is 0.615. The molecule has 0 aromatic carbocycles. The Morgan fingerprint density at radius 1 is 1.29 bits per heavy atom. The van der Waals surface area contributed by atoms with Gasteiger partial charge in [0.15, 0.2) is 0 Å². The van der Waals surface area contributed by atoms with E-state index < -0.39 is 0 Å². The number of H-pyrrole nitrogens is 2. The van der Waals surface area contributed by atoms with Gasteiger partial charge in [-0.25, -0.2) is 4.79 Å². The quantitative estimate of drug-likeness (QED) is 0.481. The SMILES string of the molecule is C=CCCCCCCC(C)c1[nH]c(=O)[nH]c1O. The molecule has 0 saturated heterocycles. The van der Waals surface area contributed by atoms with Crippen LogP contribution in [-0.2, 0) is 0 Å². The Morgan fingerprint density at radius 2 is 2.00 bits per heavy atom. The lowest BCUT2D eigenvalue weighted by atomic mass is 9.99. The molecule has 0 aliphatic carbocycles. The largest absolute Gasteiger partial charge is 0.493 e. The Balaban J connectivity index is 2.25. The van der Waals surface area contributed by atoms with E-state index in [4.69, 9.17) is 0 Å². The van der Waals surface area contributed by atoms with Crippen LogP contribution < -0.4 is 5.69 Å². The van der Waals surface area contributed by atoms with Gasteiger partial charge >= 0.3 is 5.69 Å². The summed E-state index contributed by atoms with van der Waals surface area (Å²) in [5.41, 5.74) is 0.288. The molecule has 0 saturated carbocycles. The van der Waals surface area contributed by atoms with Crippen LogP contribution >= 0.6 is 0 Å². The molecular weight excluding hydrogens is 216 g/mol. The third kappa shape index (κ3) is 4.51. The smallest absolute Gasteiger partial charge is 0.325 e. The van der Waals surface area contributed by atoms with Crippen molar-refractivity contribution >= 4 is 0 Å². The molecule has 1 heterocycles. The number of imidazole rings is 1. The molecule has 4 heteroatoms. The fourth-order valence-corrected chi connectivity index (χ4v) is 1.98. The van der Waals surface area contributed by atoms with Crippen LogP contribution in [0.2, 0.25) is 0 Å². The van der Waals surface area contributed by atoms with E-state index in [1.165, 1.54) is 19.3 Å². The van der Waals surface area contributed by atoms with Crippen molar-refractivity contribution in [3.05, 3.63) is 28.8 Å². The predicted molar refractivity (Wildman–Crippen MR) is 69.4 cm³/mol. The molecule has 1 rings (SSSR count). The van der Waals surface area contributed by atoms with Gasteiger partial charge in [0, 0.05) is 5.92 Å². The standard InChI is InChI=1S/C13H22N2O2/c1-3-4-5-6-7-8-9-10(2)11-12(16)15-13(17)14-11/h3,10,16H,1,4-9H2,2H3,(H2,14,15,17). The average Bonchev–Trinajstić information content (AvgIpc) is 2.62. The Hall–Kier alpha value is -1.45. The van der Waals surface area contributed by atoms with Crippen LogP contribution in [0.25, 0.3) is 0 Å². The summed E-state index contributed by atoms with van der Waals surface area (Å²) in [6.45, 7) is 5.71. The molecule has 1 unspecified atom stereocenters. The summed E-state index contributed by atoms with van der Waals surface area (Å²) in [6, 6.07) is 0. The van der Waals surface area contributed by atoms with E-state index in [-0.39, 0.29) is 17.5 Å². The topological polar surface area (TPSA) is 68.9 Å². The van der Waals surface area contributed by atoms with Crippen molar-refractivity contribution in [2.75, 3.05) is 0 Å². The Bertz CT molecular complexity index is 392. The average molecular weight is 238 g/mol. The third-order valence-corrected chi connectivity index (χ3v) is 3.02. The fourth-order valence-electron chi connectivity index (χ4n) is 1.98. The van der Waals surface area contributed by atoms with Gasteiger partial charge < -0.3 is 10.1 Å². The number of hydrogen-bond acceptors (Lipinski definition) is 2. The predicted octanol–water partition coefficient (Wildman–Crippen LogP) is 3.04. The van der Waals surface area contributed by atoms with Gasteiger partial charge in [-0.2, -0.15) is 0 Å². The van der Waals surface area contributed by atoms with Gasteiger partial charge in [0.1, 0.15) is 0 Å². The van der Waals surface area contributed by atoms with Crippen LogP contribution in [0.1, 0.15) is 57.1 Å². The molecule has 0 aliphatic heterocycles. The van der Waals surface area contributed by atoms with Crippen LogP contribution in [0, 0.1) is 0 Å². The van der Waals surface area contributed by atoms with E-state index in [0.717, 1.165) is 19.3 Å². The molecule has 0 bridgehead atoms. The maximum Gasteiger partial charge on any atom is 0.325 e. The number of allylic oxidation sites excluding steroid dienone is 1. The first-order chi connectivity index (χ1) is 8.15. The highest BCUT2D eigenvalue weighted by atomic mass is 16.3. The first-order valence-electron chi connectivity index (χ1n) is 6.27. The van der Waals surface area contributed by atoms with E-state index in [2.05, 4.69) is 16.5 Å². The summed E-state index contributed by atoms with van der Waals surface area (Å²) in [4.78, 5) is 16.0. The van der Waals surface area contributed by atoms with Gasteiger partial charge in [-0.3, -0.25) is 4.98 Å². The van der Waals surface area contributed by atoms with Crippen molar-refractivity contribution in [2.24, 2.45) is 0 Å². The minimum atomic E-state index is -0.338. The highest BCUT2D eigenvalue weighted by molar-refractivity contribution is 5.19. The number of rotatable bonds is 8. The van der Waals surface area contributed by atoms with Crippen molar-refractivity contribution in [1.82, 2.24) is 9.97 Å².